The van der Waals surface area contributed by atoms with Crippen LogP contribution in [0.2, 0.25) is 0 Å². The summed E-state index contributed by atoms with van der Waals surface area (Å²) < 4.78 is 12.0. The zero-order valence-electron chi connectivity index (χ0n) is 4.10. The van der Waals surface area contributed by atoms with Crippen LogP contribution in [0.25, 0.3) is 0 Å². The SMILES string of the molecule is [O]c1ccccc1F. The third-order valence-corrected chi connectivity index (χ3v) is 0.837. The Bertz CT molecular complexity index is 165. The first-order valence-corrected chi connectivity index (χ1v) is 2.22. The minimum Gasteiger partial charge on any atom is -0.287 e. The largest absolute Gasteiger partial charge is 0.287 e. The molecule has 0 heterocycles. The average molecular weight is 111 g/mol. The lowest BCUT2D eigenvalue weighted by molar-refractivity contribution is 0.330. The summed E-state index contributed by atoms with van der Waals surface area (Å²) >= 11 is 0. The quantitative estimate of drug-likeness (QED) is 0.487. The van der Waals surface area contributed by atoms with Gasteiger partial charge in [-0.15, -0.1) is 0 Å². The van der Waals surface area contributed by atoms with Crippen LogP contribution in [0.1, 0.15) is 0 Å². The monoisotopic (exact) mass is 111 g/mol. The van der Waals surface area contributed by atoms with Crippen LogP contribution in [-0.2, 0) is 5.11 Å². The van der Waals surface area contributed by atoms with E-state index in [0.29, 0.717) is 0 Å². The van der Waals surface area contributed by atoms with Crippen LogP contribution in [0.15, 0.2) is 24.3 Å². The number of halogens is 1. The maximum absolute atomic E-state index is 12.0. The van der Waals surface area contributed by atoms with Crippen molar-refractivity contribution >= 4 is 0 Å². The smallest absolute Gasteiger partial charge is 0.214 e. The molecule has 2 heteroatoms. The molecule has 0 atom stereocenters. The normalized spacial score (nSPS) is 9.12. The Balaban J connectivity index is 3.13. The highest BCUT2D eigenvalue weighted by Crippen LogP contribution is 2.12. The van der Waals surface area contributed by atoms with Crippen molar-refractivity contribution in [1.82, 2.24) is 0 Å². The summed E-state index contributed by atoms with van der Waals surface area (Å²) in [7, 11) is 0. The molecule has 0 aliphatic carbocycles. The van der Waals surface area contributed by atoms with Gasteiger partial charge >= 0.3 is 0 Å². The van der Waals surface area contributed by atoms with Gasteiger partial charge in [-0.2, -0.15) is 0 Å². The van der Waals surface area contributed by atoms with Gasteiger partial charge in [0, 0.05) is 0 Å². The highest BCUT2D eigenvalue weighted by atomic mass is 19.1. The standard InChI is InChI=1S/C6H4FO/c7-5-3-1-2-4-6(5)8/h1-4H. The summed E-state index contributed by atoms with van der Waals surface area (Å²) in [6.45, 7) is 0. The van der Waals surface area contributed by atoms with Gasteiger partial charge in [-0.25, -0.2) is 4.39 Å². The molecule has 0 bridgehead atoms. The predicted octanol–water partition coefficient (Wildman–Crippen LogP) is 1.97. The van der Waals surface area contributed by atoms with Crippen molar-refractivity contribution in [2.75, 3.05) is 0 Å². The molecule has 1 radical (unpaired) electrons. The molecule has 1 aromatic carbocycles. The fourth-order valence-corrected chi connectivity index (χ4v) is 0.445. The van der Waals surface area contributed by atoms with Crippen LogP contribution in [0, 0.1) is 5.82 Å². The molecule has 8 heavy (non-hydrogen) atoms. The Kier molecular flexibility index (Phi) is 1.16. The van der Waals surface area contributed by atoms with Gasteiger partial charge in [0.25, 0.3) is 0 Å². The summed E-state index contributed by atoms with van der Waals surface area (Å²) in [6.07, 6.45) is 0. The van der Waals surface area contributed by atoms with E-state index in [1.165, 1.54) is 18.2 Å². The van der Waals surface area contributed by atoms with Crippen LogP contribution in [0.4, 0.5) is 4.39 Å². The van der Waals surface area contributed by atoms with Gasteiger partial charge < -0.3 is 0 Å². The molecule has 0 aliphatic heterocycles. The first kappa shape index (κ1) is 5.09. The van der Waals surface area contributed by atoms with Crippen molar-refractivity contribution in [2.24, 2.45) is 0 Å². The second-order valence-corrected chi connectivity index (χ2v) is 1.43. The van der Waals surface area contributed by atoms with E-state index in [1.54, 1.807) is 0 Å². The van der Waals surface area contributed by atoms with E-state index in [1.807, 2.05) is 0 Å². The van der Waals surface area contributed by atoms with Gasteiger partial charge in [0.15, 0.2) is 5.82 Å². The molecule has 0 spiro atoms. The molecule has 41 valence electrons. The molecule has 1 aromatic rings. The molecule has 0 amide bonds. The third kappa shape index (κ3) is 0.780. The van der Waals surface area contributed by atoms with E-state index >= 15 is 0 Å². The molecule has 0 saturated carbocycles. The molecule has 0 fully saturated rings. The fraction of sp³-hybridized carbons (Fsp3) is 0. The lowest BCUT2D eigenvalue weighted by Gasteiger charge is -1.84. The lowest BCUT2D eigenvalue weighted by atomic mass is 10.3. The summed E-state index contributed by atoms with van der Waals surface area (Å²) in [5, 5.41) is 10.2. The van der Waals surface area contributed by atoms with Crippen molar-refractivity contribution in [3.05, 3.63) is 30.1 Å². The number of rotatable bonds is 0. The predicted molar refractivity (Wildman–Crippen MR) is 26.5 cm³/mol. The maximum Gasteiger partial charge on any atom is 0.214 e. The van der Waals surface area contributed by atoms with Crippen LogP contribution < -0.4 is 0 Å². The zero-order chi connectivity index (χ0) is 5.98. The Labute approximate surface area is 46.4 Å². The summed E-state index contributed by atoms with van der Waals surface area (Å²) in [5.74, 6) is -1.24. The van der Waals surface area contributed by atoms with Crippen molar-refractivity contribution in [3.8, 4) is 5.75 Å². The van der Waals surface area contributed by atoms with Gasteiger partial charge in [0.2, 0.25) is 5.75 Å². The van der Waals surface area contributed by atoms with Crippen LogP contribution in [0.5, 0.6) is 5.75 Å². The Morgan fingerprint density at radius 3 is 2.25 bits per heavy atom. The molecule has 1 rings (SSSR count). The van der Waals surface area contributed by atoms with E-state index < -0.39 is 11.6 Å². The summed E-state index contributed by atoms with van der Waals surface area (Å²) in [6, 6.07) is 5.32. The maximum atomic E-state index is 12.0. The first-order chi connectivity index (χ1) is 3.80. The minimum atomic E-state index is -0.687. The van der Waals surface area contributed by atoms with Crippen molar-refractivity contribution < 1.29 is 9.50 Å². The zero-order valence-corrected chi connectivity index (χ0v) is 4.10. The topological polar surface area (TPSA) is 19.9 Å². The van der Waals surface area contributed by atoms with Gasteiger partial charge in [0.05, 0.1) is 0 Å². The van der Waals surface area contributed by atoms with Crippen molar-refractivity contribution in [1.29, 1.82) is 0 Å². The van der Waals surface area contributed by atoms with E-state index in [9.17, 15) is 9.50 Å². The highest BCUT2D eigenvalue weighted by molar-refractivity contribution is 5.21. The number of hydrogen-bond donors (Lipinski definition) is 0. The molecule has 1 nitrogen and oxygen atoms in total. The van der Waals surface area contributed by atoms with Crippen LogP contribution in [0.3, 0.4) is 0 Å². The molecule has 0 unspecified atom stereocenters. The number of para-hydroxylation sites is 1. The van der Waals surface area contributed by atoms with Gasteiger partial charge in [-0.05, 0) is 12.1 Å². The van der Waals surface area contributed by atoms with Crippen LogP contribution >= 0.6 is 0 Å². The molecule has 0 aromatic heterocycles. The highest BCUT2D eigenvalue weighted by Gasteiger charge is 1.95. The molecular weight excluding hydrogens is 107 g/mol. The number of benzene rings is 1. The second kappa shape index (κ2) is 1.82. The minimum absolute atomic E-state index is 0.549. The van der Waals surface area contributed by atoms with E-state index in [-0.39, 0.29) is 0 Å². The third-order valence-electron chi connectivity index (χ3n) is 0.837. The fourth-order valence-electron chi connectivity index (χ4n) is 0.445. The van der Waals surface area contributed by atoms with Crippen molar-refractivity contribution in [2.45, 2.75) is 0 Å². The molecular formula is C6H4FO. The van der Waals surface area contributed by atoms with E-state index in [4.69, 9.17) is 0 Å². The number of hydrogen-bond acceptors (Lipinski definition) is 0. The van der Waals surface area contributed by atoms with E-state index in [2.05, 4.69) is 0 Å². The van der Waals surface area contributed by atoms with Crippen LogP contribution in [-0.4, -0.2) is 0 Å². The van der Waals surface area contributed by atoms with Crippen molar-refractivity contribution in [3.63, 3.8) is 0 Å². The molecule has 0 saturated heterocycles. The first-order valence-electron chi connectivity index (χ1n) is 2.22. The summed E-state index contributed by atoms with van der Waals surface area (Å²) in [4.78, 5) is 0. The Morgan fingerprint density at radius 1 is 1.25 bits per heavy atom. The average Bonchev–Trinajstić information content (AvgIpc) is 1.77. The van der Waals surface area contributed by atoms with Gasteiger partial charge in [-0.3, -0.25) is 5.11 Å². The second-order valence-electron chi connectivity index (χ2n) is 1.43. The van der Waals surface area contributed by atoms with E-state index in [0.717, 1.165) is 6.07 Å². The lowest BCUT2D eigenvalue weighted by Crippen LogP contribution is -1.68. The van der Waals surface area contributed by atoms with Gasteiger partial charge in [-0.1, -0.05) is 12.1 Å². The van der Waals surface area contributed by atoms with Gasteiger partial charge in [0.1, 0.15) is 0 Å². The molecule has 0 aliphatic rings. The summed E-state index contributed by atoms with van der Waals surface area (Å²) in [5.41, 5.74) is 0. The molecule has 0 N–H and O–H groups in total. The Hall–Kier alpha value is -1.05. The Morgan fingerprint density at radius 2 is 1.88 bits per heavy atom.